The minimum atomic E-state index is -4.57. The van der Waals surface area contributed by atoms with E-state index < -0.39 is 17.7 Å². The number of carbonyl (C=O) groups excluding carboxylic acids is 1. The summed E-state index contributed by atoms with van der Waals surface area (Å²) >= 11 is 0. The van der Waals surface area contributed by atoms with Gasteiger partial charge in [0.15, 0.2) is 0 Å². The highest BCUT2D eigenvalue weighted by atomic mass is 19.4. The van der Waals surface area contributed by atoms with Crippen LogP contribution in [0.25, 0.3) is 0 Å². The zero-order valence-electron chi connectivity index (χ0n) is 12.1. The molecule has 0 radical (unpaired) electrons. The van der Waals surface area contributed by atoms with Crippen molar-refractivity contribution in [2.75, 3.05) is 18.9 Å². The number of benzene rings is 1. The number of carbonyl (C=O) groups is 1. The molecule has 0 aliphatic carbocycles. The Bertz CT molecular complexity index is 507. The second-order valence-corrected chi connectivity index (χ2v) is 5.44. The summed E-state index contributed by atoms with van der Waals surface area (Å²) in [5, 5.41) is 0. The van der Waals surface area contributed by atoms with E-state index in [-0.39, 0.29) is 30.1 Å². The summed E-state index contributed by atoms with van der Waals surface area (Å²) < 4.78 is 48.1. The van der Waals surface area contributed by atoms with Crippen molar-refractivity contribution in [2.45, 2.75) is 32.5 Å². The van der Waals surface area contributed by atoms with Crippen LogP contribution in [0.2, 0.25) is 0 Å². The summed E-state index contributed by atoms with van der Waals surface area (Å²) in [5.74, 6) is -0.870. The molecule has 0 bridgehead atoms. The third-order valence-electron chi connectivity index (χ3n) is 2.37. The number of ether oxygens (including phenoxy) is 2. The lowest BCUT2D eigenvalue weighted by Crippen LogP contribution is -2.22. The van der Waals surface area contributed by atoms with Gasteiger partial charge in [-0.3, -0.25) is 0 Å². The lowest BCUT2D eigenvalue weighted by atomic mass is 10.1. The van der Waals surface area contributed by atoms with Gasteiger partial charge in [-0.25, -0.2) is 4.79 Å². The van der Waals surface area contributed by atoms with E-state index in [2.05, 4.69) is 0 Å². The topological polar surface area (TPSA) is 61.5 Å². The Hall–Kier alpha value is -1.76. The average Bonchev–Trinajstić information content (AvgIpc) is 2.31. The average molecular weight is 305 g/mol. The summed E-state index contributed by atoms with van der Waals surface area (Å²) in [5.41, 5.74) is 3.62. The Balaban J connectivity index is 2.68. The summed E-state index contributed by atoms with van der Waals surface area (Å²) in [6.07, 6.45) is -4.57. The van der Waals surface area contributed by atoms with E-state index in [1.54, 1.807) is 0 Å². The van der Waals surface area contributed by atoms with Gasteiger partial charge < -0.3 is 15.2 Å². The number of nitrogens with two attached hydrogens (primary N) is 1. The standard InChI is InChI=1S/C14H18F3NO3/c1-13(2,3)21-5-4-20-12(19)9-6-10(14(15,16)17)8-11(18)7-9/h6-8H,4-5,18H2,1-3H3. The molecule has 0 aliphatic rings. The van der Waals surface area contributed by atoms with Gasteiger partial charge in [0.05, 0.1) is 23.3 Å². The first-order valence-electron chi connectivity index (χ1n) is 6.28. The van der Waals surface area contributed by atoms with Gasteiger partial charge in [0.25, 0.3) is 0 Å². The molecule has 0 unspecified atom stereocenters. The first-order valence-corrected chi connectivity index (χ1v) is 6.28. The number of hydrogen-bond acceptors (Lipinski definition) is 4. The molecule has 0 aromatic heterocycles. The molecule has 0 atom stereocenters. The lowest BCUT2D eigenvalue weighted by Gasteiger charge is -2.19. The van der Waals surface area contributed by atoms with E-state index in [1.165, 1.54) is 0 Å². The summed E-state index contributed by atoms with van der Waals surface area (Å²) in [6, 6.07) is 2.62. The van der Waals surface area contributed by atoms with Crippen LogP contribution in [0.4, 0.5) is 18.9 Å². The highest BCUT2D eigenvalue weighted by Gasteiger charge is 2.31. The van der Waals surface area contributed by atoms with Crippen LogP contribution in [0.3, 0.4) is 0 Å². The zero-order valence-corrected chi connectivity index (χ0v) is 12.1. The normalized spacial score (nSPS) is 12.3. The van der Waals surface area contributed by atoms with Crippen molar-refractivity contribution >= 4 is 11.7 Å². The number of esters is 1. The number of hydrogen-bond donors (Lipinski definition) is 1. The molecule has 0 saturated carbocycles. The van der Waals surface area contributed by atoms with E-state index in [0.717, 1.165) is 12.1 Å². The van der Waals surface area contributed by atoms with E-state index in [4.69, 9.17) is 15.2 Å². The molecule has 4 nitrogen and oxygen atoms in total. The molecule has 0 aliphatic heterocycles. The summed E-state index contributed by atoms with van der Waals surface area (Å²) in [7, 11) is 0. The Kier molecular flexibility index (Phi) is 5.22. The smallest absolute Gasteiger partial charge is 0.416 e. The lowest BCUT2D eigenvalue weighted by molar-refractivity contribution is -0.137. The highest BCUT2D eigenvalue weighted by molar-refractivity contribution is 5.90. The van der Waals surface area contributed by atoms with E-state index in [9.17, 15) is 18.0 Å². The monoisotopic (exact) mass is 305 g/mol. The maximum Gasteiger partial charge on any atom is 0.416 e. The molecule has 1 aromatic carbocycles. The minimum Gasteiger partial charge on any atom is -0.460 e. The Morgan fingerprint density at radius 2 is 1.76 bits per heavy atom. The quantitative estimate of drug-likeness (QED) is 0.527. The fourth-order valence-corrected chi connectivity index (χ4v) is 1.50. The molecule has 0 heterocycles. The zero-order chi connectivity index (χ0) is 16.3. The largest absolute Gasteiger partial charge is 0.460 e. The Morgan fingerprint density at radius 1 is 1.14 bits per heavy atom. The number of nitrogen functional groups attached to an aromatic ring is 1. The maximum absolute atomic E-state index is 12.6. The van der Waals surface area contributed by atoms with Crippen LogP contribution < -0.4 is 5.73 Å². The molecule has 118 valence electrons. The molecular weight excluding hydrogens is 287 g/mol. The van der Waals surface area contributed by atoms with Crippen molar-refractivity contribution in [3.8, 4) is 0 Å². The van der Waals surface area contributed by atoms with Gasteiger partial charge in [0.1, 0.15) is 6.61 Å². The fraction of sp³-hybridized carbons (Fsp3) is 0.500. The van der Waals surface area contributed by atoms with Gasteiger partial charge in [-0.1, -0.05) is 0 Å². The third-order valence-corrected chi connectivity index (χ3v) is 2.37. The molecule has 0 amide bonds. The molecule has 0 fully saturated rings. The molecule has 0 spiro atoms. The first kappa shape index (κ1) is 17.3. The Morgan fingerprint density at radius 3 is 2.29 bits per heavy atom. The summed E-state index contributed by atoms with van der Waals surface area (Å²) in [6.45, 7) is 5.61. The van der Waals surface area contributed by atoms with Gasteiger partial charge in [-0.2, -0.15) is 13.2 Å². The molecule has 1 aromatic rings. The van der Waals surface area contributed by atoms with Gasteiger partial charge >= 0.3 is 12.1 Å². The van der Waals surface area contributed by atoms with Crippen LogP contribution in [0, 0.1) is 0 Å². The second-order valence-electron chi connectivity index (χ2n) is 5.44. The van der Waals surface area contributed by atoms with Gasteiger partial charge in [0.2, 0.25) is 0 Å². The van der Waals surface area contributed by atoms with Crippen molar-refractivity contribution in [3.63, 3.8) is 0 Å². The van der Waals surface area contributed by atoms with Crippen LogP contribution in [0.1, 0.15) is 36.7 Å². The van der Waals surface area contributed by atoms with Gasteiger partial charge in [-0.05, 0) is 39.0 Å². The van der Waals surface area contributed by atoms with Crippen LogP contribution >= 0.6 is 0 Å². The van der Waals surface area contributed by atoms with Crippen LogP contribution in [0.5, 0.6) is 0 Å². The molecule has 2 N–H and O–H groups in total. The molecule has 21 heavy (non-hydrogen) atoms. The Labute approximate surface area is 121 Å². The van der Waals surface area contributed by atoms with Gasteiger partial charge in [0, 0.05) is 5.69 Å². The predicted molar refractivity (Wildman–Crippen MR) is 71.8 cm³/mol. The van der Waals surface area contributed by atoms with Crippen molar-refractivity contribution in [1.29, 1.82) is 0 Å². The van der Waals surface area contributed by atoms with Crippen LogP contribution in [0.15, 0.2) is 18.2 Å². The van der Waals surface area contributed by atoms with Crippen molar-refractivity contribution in [3.05, 3.63) is 29.3 Å². The molecule has 0 saturated heterocycles. The van der Waals surface area contributed by atoms with Crippen molar-refractivity contribution in [1.82, 2.24) is 0 Å². The third kappa shape index (κ3) is 6.03. The predicted octanol–water partition coefficient (Wildman–Crippen LogP) is 3.26. The first-order chi connectivity index (χ1) is 9.49. The minimum absolute atomic E-state index is 0.0494. The number of halogens is 3. The molecular formula is C14H18F3NO3. The highest BCUT2D eigenvalue weighted by Crippen LogP contribution is 2.31. The van der Waals surface area contributed by atoms with Crippen LogP contribution in [-0.4, -0.2) is 24.8 Å². The number of alkyl halides is 3. The van der Waals surface area contributed by atoms with Crippen molar-refractivity contribution in [2.24, 2.45) is 0 Å². The second kappa shape index (κ2) is 6.34. The molecule has 1 rings (SSSR count). The number of rotatable bonds is 4. The van der Waals surface area contributed by atoms with E-state index in [0.29, 0.717) is 6.07 Å². The van der Waals surface area contributed by atoms with Gasteiger partial charge in [-0.15, -0.1) is 0 Å². The van der Waals surface area contributed by atoms with Crippen LogP contribution in [-0.2, 0) is 15.7 Å². The van der Waals surface area contributed by atoms with E-state index >= 15 is 0 Å². The number of anilines is 1. The maximum atomic E-state index is 12.6. The summed E-state index contributed by atoms with van der Waals surface area (Å²) in [4.78, 5) is 11.7. The molecule has 7 heteroatoms. The fourth-order valence-electron chi connectivity index (χ4n) is 1.50. The SMILES string of the molecule is CC(C)(C)OCCOC(=O)c1cc(N)cc(C(F)(F)F)c1. The van der Waals surface area contributed by atoms with E-state index in [1.807, 2.05) is 20.8 Å². The van der Waals surface area contributed by atoms with Crippen molar-refractivity contribution < 1.29 is 27.4 Å².